The molecule has 0 radical (unpaired) electrons. The minimum absolute atomic E-state index is 0.0774. The summed E-state index contributed by atoms with van der Waals surface area (Å²) in [6.45, 7) is 2.90. The normalized spacial score (nSPS) is 16.2. The van der Waals surface area contributed by atoms with Gasteiger partial charge in [0.2, 0.25) is 5.91 Å². The third-order valence-corrected chi connectivity index (χ3v) is 3.48. The predicted octanol–water partition coefficient (Wildman–Crippen LogP) is 1.06. The molecule has 1 fully saturated rings. The zero-order valence-corrected chi connectivity index (χ0v) is 9.76. The van der Waals surface area contributed by atoms with Crippen LogP contribution in [0.1, 0.15) is 19.8 Å². The summed E-state index contributed by atoms with van der Waals surface area (Å²) in [7, 11) is 0. The van der Waals surface area contributed by atoms with Crippen LogP contribution in [0.3, 0.4) is 0 Å². The van der Waals surface area contributed by atoms with Crippen LogP contribution in [0.15, 0.2) is 0 Å². The Labute approximate surface area is 94.0 Å². The van der Waals surface area contributed by atoms with Gasteiger partial charge in [0.15, 0.2) is 0 Å². The molecule has 0 saturated carbocycles. The minimum Gasteiger partial charge on any atom is -0.481 e. The number of hydrogen-bond acceptors (Lipinski definition) is 3. The molecule has 0 aromatic carbocycles. The number of carboxylic acid groups (broad SMARTS) is 1. The molecule has 1 saturated heterocycles. The van der Waals surface area contributed by atoms with Gasteiger partial charge in [-0.15, -0.1) is 0 Å². The highest BCUT2D eigenvalue weighted by Crippen LogP contribution is 2.17. The summed E-state index contributed by atoms with van der Waals surface area (Å²) in [5.74, 6) is 0.450. The molecular weight excluding hydrogens is 214 g/mol. The number of thioether (sulfide) groups is 1. The first kappa shape index (κ1) is 12.4. The molecule has 0 aromatic rings. The van der Waals surface area contributed by atoms with Crippen LogP contribution in [0.4, 0.5) is 0 Å². The van der Waals surface area contributed by atoms with E-state index >= 15 is 0 Å². The number of carboxylic acids is 1. The Balaban J connectivity index is 2.07. The fourth-order valence-electron chi connectivity index (χ4n) is 1.34. The van der Waals surface area contributed by atoms with Crippen molar-refractivity contribution in [3.05, 3.63) is 0 Å². The fourth-order valence-corrected chi connectivity index (χ4v) is 2.33. The summed E-state index contributed by atoms with van der Waals surface area (Å²) in [6.07, 6.45) is 2.28. The molecule has 1 aliphatic heterocycles. The van der Waals surface area contributed by atoms with Crippen molar-refractivity contribution in [3.8, 4) is 0 Å². The third-order valence-electron chi connectivity index (χ3n) is 2.45. The van der Waals surface area contributed by atoms with Gasteiger partial charge < -0.3 is 10.0 Å². The molecule has 1 N–H and O–H groups in total. The fraction of sp³-hybridized carbons (Fsp3) is 0.800. The minimum atomic E-state index is -0.794. The Hall–Kier alpha value is -0.710. The number of hydrogen-bond donors (Lipinski definition) is 1. The Kier molecular flexibility index (Phi) is 4.94. The Morgan fingerprint density at radius 1 is 1.47 bits per heavy atom. The van der Waals surface area contributed by atoms with Crippen molar-refractivity contribution in [2.24, 2.45) is 5.92 Å². The second-order valence-corrected chi connectivity index (χ2v) is 4.85. The van der Waals surface area contributed by atoms with E-state index in [-0.39, 0.29) is 11.8 Å². The van der Waals surface area contributed by atoms with E-state index < -0.39 is 5.97 Å². The van der Waals surface area contributed by atoms with Crippen molar-refractivity contribution in [3.63, 3.8) is 0 Å². The largest absolute Gasteiger partial charge is 0.481 e. The number of likely N-dealkylation sites (tertiary alicyclic amines) is 1. The second-order valence-electron chi connectivity index (χ2n) is 3.74. The standard InChI is InChI=1S/C10H17NO3S/c1-2-3-4-15-7-9(12)11-5-8(6-11)10(13)14/h8H,2-7H2,1H3,(H,13,14). The second kappa shape index (κ2) is 6.00. The number of carbonyl (C=O) groups excluding carboxylic acids is 1. The Morgan fingerprint density at radius 3 is 2.67 bits per heavy atom. The molecule has 0 aromatic heterocycles. The monoisotopic (exact) mass is 231 g/mol. The van der Waals surface area contributed by atoms with Crippen molar-refractivity contribution < 1.29 is 14.7 Å². The van der Waals surface area contributed by atoms with Gasteiger partial charge in [-0.1, -0.05) is 13.3 Å². The average molecular weight is 231 g/mol. The summed E-state index contributed by atoms with van der Waals surface area (Å²) < 4.78 is 0. The third kappa shape index (κ3) is 3.74. The summed E-state index contributed by atoms with van der Waals surface area (Å²) in [5.41, 5.74) is 0. The first-order valence-corrected chi connectivity index (χ1v) is 6.39. The molecule has 0 aliphatic carbocycles. The van der Waals surface area contributed by atoms with Crippen LogP contribution in [0.25, 0.3) is 0 Å². The maximum absolute atomic E-state index is 11.5. The lowest BCUT2D eigenvalue weighted by Gasteiger charge is -2.36. The molecular formula is C10H17NO3S. The van der Waals surface area contributed by atoms with E-state index in [9.17, 15) is 9.59 Å². The zero-order chi connectivity index (χ0) is 11.3. The van der Waals surface area contributed by atoms with Gasteiger partial charge in [-0.25, -0.2) is 0 Å². The van der Waals surface area contributed by atoms with Crippen LogP contribution < -0.4 is 0 Å². The van der Waals surface area contributed by atoms with Gasteiger partial charge in [0.05, 0.1) is 11.7 Å². The van der Waals surface area contributed by atoms with Crippen molar-refractivity contribution in [1.29, 1.82) is 0 Å². The van der Waals surface area contributed by atoms with Crippen molar-refractivity contribution >= 4 is 23.6 Å². The smallest absolute Gasteiger partial charge is 0.310 e. The van der Waals surface area contributed by atoms with Gasteiger partial charge in [0, 0.05) is 13.1 Å². The highest BCUT2D eigenvalue weighted by Gasteiger charge is 2.35. The molecule has 1 amide bonds. The summed E-state index contributed by atoms with van der Waals surface area (Å²) in [6, 6.07) is 0. The van der Waals surface area contributed by atoms with E-state index in [2.05, 4.69) is 6.92 Å². The Bertz CT molecular complexity index is 239. The van der Waals surface area contributed by atoms with E-state index in [1.54, 1.807) is 16.7 Å². The molecule has 1 aliphatic rings. The van der Waals surface area contributed by atoms with Gasteiger partial charge in [-0.05, 0) is 12.2 Å². The van der Waals surface area contributed by atoms with Gasteiger partial charge >= 0.3 is 5.97 Å². The molecule has 0 unspecified atom stereocenters. The zero-order valence-electron chi connectivity index (χ0n) is 8.94. The van der Waals surface area contributed by atoms with Crippen LogP contribution in [0.5, 0.6) is 0 Å². The van der Waals surface area contributed by atoms with E-state index in [4.69, 9.17) is 5.11 Å². The summed E-state index contributed by atoms with van der Waals surface area (Å²) in [4.78, 5) is 23.6. The first-order chi connectivity index (χ1) is 7.15. The van der Waals surface area contributed by atoms with E-state index in [1.807, 2.05) is 0 Å². The van der Waals surface area contributed by atoms with Crippen LogP contribution in [-0.4, -0.2) is 46.5 Å². The molecule has 86 valence electrons. The summed E-state index contributed by atoms with van der Waals surface area (Å²) >= 11 is 1.63. The Morgan fingerprint density at radius 2 is 2.13 bits per heavy atom. The molecule has 1 rings (SSSR count). The number of carbonyl (C=O) groups is 2. The number of rotatable bonds is 6. The maximum Gasteiger partial charge on any atom is 0.310 e. The molecule has 15 heavy (non-hydrogen) atoms. The van der Waals surface area contributed by atoms with E-state index in [1.165, 1.54) is 0 Å². The number of unbranched alkanes of at least 4 members (excludes halogenated alkanes) is 1. The molecule has 0 atom stereocenters. The summed E-state index contributed by atoms with van der Waals surface area (Å²) in [5, 5.41) is 8.64. The van der Waals surface area contributed by atoms with Crippen LogP contribution in [0, 0.1) is 5.92 Å². The number of amides is 1. The van der Waals surface area contributed by atoms with Crippen LogP contribution in [-0.2, 0) is 9.59 Å². The highest BCUT2D eigenvalue weighted by molar-refractivity contribution is 7.99. The lowest BCUT2D eigenvalue weighted by molar-refractivity contribution is -0.151. The maximum atomic E-state index is 11.5. The van der Waals surface area contributed by atoms with Gasteiger partial charge in [0.1, 0.15) is 0 Å². The van der Waals surface area contributed by atoms with Crippen molar-refractivity contribution in [2.45, 2.75) is 19.8 Å². The molecule has 5 heteroatoms. The number of aliphatic carboxylic acids is 1. The molecule has 0 spiro atoms. The van der Waals surface area contributed by atoms with Gasteiger partial charge in [0.25, 0.3) is 0 Å². The first-order valence-electron chi connectivity index (χ1n) is 5.23. The van der Waals surface area contributed by atoms with Crippen LogP contribution >= 0.6 is 11.8 Å². The molecule has 0 bridgehead atoms. The lowest BCUT2D eigenvalue weighted by atomic mass is 10.0. The van der Waals surface area contributed by atoms with E-state index in [0.717, 1.165) is 18.6 Å². The molecule has 4 nitrogen and oxygen atoms in total. The van der Waals surface area contributed by atoms with Gasteiger partial charge in [-0.3, -0.25) is 9.59 Å². The SMILES string of the molecule is CCCCSCC(=O)N1CC(C(=O)O)C1. The van der Waals surface area contributed by atoms with Crippen molar-refractivity contribution in [2.75, 3.05) is 24.6 Å². The lowest BCUT2D eigenvalue weighted by Crippen LogP contribution is -2.53. The number of nitrogens with zero attached hydrogens (tertiary/aromatic N) is 1. The van der Waals surface area contributed by atoms with Crippen molar-refractivity contribution in [1.82, 2.24) is 4.90 Å². The highest BCUT2D eigenvalue weighted by atomic mass is 32.2. The van der Waals surface area contributed by atoms with Gasteiger partial charge in [-0.2, -0.15) is 11.8 Å². The topological polar surface area (TPSA) is 57.6 Å². The average Bonchev–Trinajstić information content (AvgIpc) is 2.09. The molecule has 1 heterocycles. The van der Waals surface area contributed by atoms with E-state index in [0.29, 0.717) is 18.8 Å². The quantitative estimate of drug-likeness (QED) is 0.695. The predicted molar refractivity (Wildman–Crippen MR) is 59.9 cm³/mol. The van der Waals surface area contributed by atoms with Crippen LogP contribution in [0.2, 0.25) is 0 Å².